The molecule has 2 rings (SSSR count). The van der Waals surface area contributed by atoms with Crippen LogP contribution in [0.5, 0.6) is 0 Å². The molecule has 19 heavy (non-hydrogen) atoms. The van der Waals surface area contributed by atoms with Gasteiger partial charge in [0, 0.05) is 37.7 Å². The van der Waals surface area contributed by atoms with E-state index in [1.807, 2.05) is 49.1 Å². The fourth-order valence-corrected chi connectivity index (χ4v) is 2.15. The lowest BCUT2D eigenvalue weighted by Gasteiger charge is -2.17. The smallest absolute Gasteiger partial charge is 0.321 e. The Labute approximate surface area is 114 Å². The number of nitrogens with one attached hydrogen (secondary N) is 1. The van der Waals surface area contributed by atoms with Crippen LogP contribution in [-0.4, -0.2) is 29.1 Å². The van der Waals surface area contributed by atoms with Crippen LogP contribution in [0.15, 0.2) is 30.5 Å². The van der Waals surface area contributed by atoms with Crippen LogP contribution in [0.2, 0.25) is 0 Å². The van der Waals surface area contributed by atoms with Crippen molar-refractivity contribution in [3.63, 3.8) is 0 Å². The second-order valence-corrected chi connectivity index (χ2v) is 4.88. The molecule has 0 saturated heterocycles. The standard InChI is InChI=1S/C15H21N3O/c1-4-5-10-17(2)15(19)16-13-11-18(3)14-9-7-6-8-12(13)14/h6-9,11H,4-5,10H2,1-3H3,(H,16,19). The lowest BCUT2D eigenvalue weighted by atomic mass is 10.2. The van der Waals surface area contributed by atoms with Crippen molar-refractivity contribution in [3.8, 4) is 0 Å². The maximum atomic E-state index is 12.1. The molecule has 4 nitrogen and oxygen atoms in total. The van der Waals surface area contributed by atoms with Crippen LogP contribution in [0.4, 0.5) is 10.5 Å². The van der Waals surface area contributed by atoms with Crippen molar-refractivity contribution in [3.05, 3.63) is 30.5 Å². The Hall–Kier alpha value is -1.97. The Morgan fingerprint density at radius 2 is 2.11 bits per heavy atom. The molecule has 0 atom stereocenters. The summed E-state index contributed by atoms with van der Waals surface area (Å²) < 4.78 is 2.02. The Balaban J connectivity index is 2.15. The molecule has 0 aliphatic rings. The van der Waals surface area contributed by atoms with Gasteiger partial charge in [0.05, 0.1) is 5.69 Å². The molecule has 0 fully saturated rings. The SMILES string of the molecule is CCCCN(C)C(=O)Nc1cn(C)c2ccccc12. The highest BCUT2D eigenvalue weighted by Crippen LogP contribution is 2.24. The number of unbranched alkanes of at least 4 members (excludes halogenated alkanes) is 1. The minimum Gasteiger partial charge on any atom is -0.348 e. The van der Waals surface area contributed by atoms with Gasteiger partial charge in [-0.2, -0.15) is 0 Å². The molecule has 1 heterocycles. The highest BCUT2D eigenvalue weighted by atomic mass is 16.2. The van der Waals surface area contributed by atoms with Crippen LogP contribution in [0.1, 0.15) is 19.8 Å². The van der Waals surface area contributed by atoms with Gasteiger partial charge in [-0.05, 0) is 12.5 Å². The topological polar surface area (TPSA) is 37.3 Å². The van der Waals surface area contributed by atoms with Gasteiger partial charge in [-0.15, -0.1) is 0 Å². The van der Waals surface area contributed by atoms with Gasteiger partial charge in [-0.3, -0.25) is 0 Å². The van der Waals surface area contributed by atoms with Crippen molar-refractivity contribution in [2.24, 2.45) is 7.05 Å². The molecule has 4 heteroatoms. The summed E-state index contributed by atoms with van der Waals surface area (Å²) in [6.45, 7) is 2.91. The Kier molecular flexibility index (Phi) is 4.10. The summed E-state index contributed by atoms with van der Waals surface area (Å²) in [5.74, 6) is 0. The van der Waals surface area contributed by atoms with Crippen molar-refractivity contribution in [1.29, 1.82) is 0 Å². The monoisotopic (exact) mass is 259 g/mol. The molecule has 0 unspecified atom stereocenters. The normalized spacial score (nSPS) is 10.7. The molecule has 0 saturated carbocycles. The highest BCUT2D eigenvalue weighted by molar-refractivity contribution is 6.01. The minimum absolute atomic E-state index is 0.0511. The van der Waals surface area contributed by atoms with Gasteiger partial charge in [0.1, 0.15) is 0 Å². The molecule has 1 N–H and O–H groups in total. The molecule has 2 amide bonds. The molecule has 2 aromatic rings. The first-order chi connectivity index (χ1) is 9.13. The summed E-state index contributed by atoms with van der Waals surface area (Å²) in [4.78, 5) is 13.8. The molecular formula is C15H21N3O. The molecule has 1 aromatic heterocycles. The Morgan fingerprint density at radius 3 is 2.84 bits per heavy atom. The van der Waals surface area contributed by atoms with Gasteiger partial charge in [-0.25, -0.2) is 4.79 Å². The molecule has 0 spiro atoms. The van der Waals surface area contributed by atoms with Gasteiger partial charge in [0.25, 0.3) is 0 Å². The molecule has 0 aliphatic heterocycles. The van der Waals surface area contributed by atoms with Gasteiger partial charge in [-0.1, -0.05) is 31.5 Å². The van der Waals surface area contributed by atoms with E-state index in [1.54, 1.807) is 4.90 Å². The number of rotatable bonds is 4. The number of carbonyl (C=O) groups excluding carboxylic acids is 1. The number of fused-ring (bicyclic) bond motifs is 1. The number of amides is 2. The van der Waals surface area contributed by atoms with Gasteiger partial charge < -0.3 is 14.8 Å². The summed E-state index contributed by atoms with van der Waals surface area (Å²) in [6.07, 6.45) is 4.07. The molecule has 1 aromatic carbocycles. The fourth-order valence-electron chi connectivity index (χ4n) is 2.15. The van der Waals surface area contributed by atoms with Gasteiger partial charge in [0.15, 0.2) is 0 Å². The average molecular weight is 259 g/mol. The number of benzene rings is 1. The van der Waals surface area contributed by atoms with Crippen LogP contribution in [-0.2, 0) is 7.05 Å². The lowest BCUT2D eigenvalue weighted by Crippen LogP contribution is -2.32. The summed E-state index contributed by atoms with van der Waals surface area (Å²) in [6, 6.07) is 8.01. The summed E-state index contributed by atoms with van der Waals surface area (Å²) in [5, 5.41) is 4.05. The van der Waals surface area contributed by atoms with Crippen LogP contribution in [0, 0.1) is 0 Å². The number of hydrogen-bond donors (Lipinski definition) is 1. The van der Waals surface area contributed by atoms with E-state index in [0.717, 1.165) is 36.0 Å². The first-order valence-corrected chi connectivity index (χ1v) is 6.69. The third-order valence-electron chi connectivity index (χ3n) is 3.33. The maximum absolute atomic E-state index is 12.1. The highest BCUT2D eigenvalue weighted by Gasteiger charge is 2.12. The summed E-state index contributed by atoms with van der Waals surface area (Å²) in [5.41, 5.74) is 1.99. The van der Waals surface area contributed by atoms with E-state index in [1.165, 1.54) is 0 Å². The van der Waals surface area contributed by atoms with Crippen LogP contribution in [0.25, 0.3) is 10.9 Å². The van der Waals surface area contributed by atoms with E-state index >= 15 is 0 Å². The predicted octanol–water partition coefficient (Wildman–Crippen LogP) is 3.44. The average Bonchev–Trinajstić information content (AvgIpc) is 2.73. The zero-order valence-electron chi connectivity index (χ0n) is 11.8. The van der Waals surface area contributed by atoms with Crippen LogP contribution in [0.3, 0.4) is 0 Å². The zero-order valence-corrected chi connectivity index (χ0v) is 11.8. The van der Waals surface area contributed by atoms with Crippen molar-refractivity contribution >= 4 is 22.6 Å². The second-order valence-electron chi connectivity index (χ2n) is 4.88. The largest absolute Gasteiger partial charge is 0.348 e. The molecule has 0 radical (unpaired) electrons. The minimum atomic E-state index is -0.0511. The lowest BCUT2D eigenvalue weighted by molar-refractivity contribution is 0.222. The van der Waals surface area contributed by atoms with E-state index in [9.17, 15) is 4.79 Å². The number of aryl methyl sites for hydroxylation is 1. The van der Waals surface area contributed by atoms with Crippen molar-refractivity contribution in [1.82, 2.24) is 9.47 Å². The number of nitrogens with zero attached hydrogens (tertiary/aromatic N) is 2. The number of anilines is 1. The van der Waals surface area contributed by atoms with E-state index in [-0.39, 0.29) is 6.03 Å². The van der Waals surface area contributed by atoms with Crippen LogP contribution >= 0.6 is 0 Å². The quantitative estimate of drug-likeness (QED) is 0.897. The van der Waals surface area contributed by atoms with Crippen LogP contribution < -0.4 is 5.32 Å². The predicted molar refractivity (Wildman–Crippen MR) is 79.5 cm³/mol. The summed E-state index contributed by atoms with van der Waals surface area (Å²) in [7, 11) is 3.81. The van der Waals surface area contributed by atoms with E-state index in [4.69, 9.17) is 0 Å². The first kappa shape index (κ1) is 13.5. The van der Waals surface area contributed by atoms with Crippen molar-refractivity contribution in [2.45, 2.75) is 19.8 Å². The Bertz CT molecular complexity index is 574. The van der Waals surface area contributed by atoms with Crippen molar-refractivity contribution in [2.75, 3.05) is 18.9 Å². The number of urea groups is 1. The van der Waals surface area contributed by atoms with E-state index < -0.39 is 0 Å². The number of carbonyl (C=O) groups is 1. The number of hydrogen-bond acceptors (Lipinski definition) is 1. The second kappa shape index (κ2) is 5.78. The fraction of sp³-hybridized carbons (Fsp3) is 0.400. The van der Waals surface area contributed by atoms with E-state index in [0.29, 0.717) is 0 Å². The third kappa shape index (κ3) is 2.89. The number of para-hydroxylation sites is 1. The zero-order chi connectivity index (χ0) is 13.8. The van der Waals surface area contributed by atoms with Crippen molar-refractivity contribution < 1.29 is 4.79 Å². The molecular weight excluding hydrogens is 238 g/mol. The third-order valence-corrected chi connectivity index (χ3v) is 3.33. The maximum Gasteiger partial charge on any atom is 0.321 e. The van der Waals surface area contributed by atoms with Gasteiger partial charge in [0.2, 0.25) is 0 Å². The van der Waals surface area contributed by atoms with E-state index in [2.05, 4.69) is 12.2 Å². The number of aromatic nitrogens is 1. The first-order valence-electron chi connectivity index (χ1n) is 6.69. The summed E-state index contributed by atoms with van der Waals surface area (Å²) >= 11 is 0. The molecule has 102 valence electrons. The molecule has 0 bridgehead atoms. The Morgan fingerprint density at radius 1 is 1.37 bits per heavy atom. The van der Waals surface area contributed by atoms with Gasteiger partial charge >= 0.3 is 6.03 Å². The molecule has 0 aliphatic carbocycles.